The van der Waals surface area contributed by atoms with Gasteiger partial charge in [-0.2, -0.15) is 11.8 Å². The Balaban J connectivity index is 1.82. The van der Waals surface area contributed by atoms with E-state index in [0.29, 0.717) is 6.04 Å². The molecular weight excluding hydrogens is 260 g/mol. The third-order valence-corrected chi connectivity index (χ3v) is 4.83. The van der Waals surface area contributed by atoms with Gasteiger partial charge in [0.1, 0.15) is 0 Å². The van der Waals surface area contributed by atoms with Gasteiger partial charge in [-0.15, -0.1) is 0 Å². The van der Waals surface area contributed by atoms with Gasteiger partial charge in [0.05, 0.1) is 4.92 Å². The molecule has 104 valence electrons. The van der Waals surface area contributed by atoms with Gasteiger partial charge in [0, 0.05) is 22.9 Å². The number of nitro groups is 1. The summed E-state index contributed by atoms with van der Waals surface area (Å²) in [6.45, 7) is 0.816. The lowest BCUT2D eigenvalue weighted by molar-refractivity contribution is -0.385. The van der Waals surface area contributed by atoms with Crippen molar-refractivity contribution in [2.75, 3.05) is 12.8 Å². The summed E-state index contributed by atoms with van der Waals surface area (Å²) >= 11 is 1.94. The lowest BCUT2D eigenvalue weighted by Crippen LogP contribution is -2.28. The zero-order valence-corrected chi connectivity index (χ0v) is 12.0. The number of benzene rings is 1. The first-order chi connectivity index (χ1) is 9.20. The van der Waals surface area contributed by atoms with Gasteiger partial charge in [0.25, 0.3) is 5.69 Å². The third-order valence-electron chi connectivity index (χ3n) is 3.73. The second kappa shape index (κ2) is 6.91. The van der Waals surface area contributed by atoms with E-state index in [4.69, 9.17) is 0 Å². The molecular formula is C14H20N2O2S. The van der Waals surface area contributed by atoms with Crippen molar-refractivity contribution in [3.8, 4) is 0 Å². The highest BCUT2D eigenvalue weighted by Crippen LogP contribution is 2.28. The molecule has 0 aromatic heterocycles. The van der Waals surface area contributed by atoms with Crippen LogP contribution in [0.15, 0.2) is 24.3 Å². The van der Waals surface area contributed by atoms with E-state index in [1.165, 1.54) is 19.3 Å². The molecule has 2 unspecified atom stereocenters. The van der Waals surface area contributed by atoms with Crippen LogP contribution in [-0.2, 0) is 6.42 Å². The Morgan fingerprint density at radius 2 is 2.21 bits per heavy atom. The highest BCUT2D eigenvalue weighted by Gasteiger charge is 2.23. The van der Waals surface area contributed by atoms with Crippen LogP contribution in [0.5, 0.6) is 0 Å². The Bertz CT molecular complexity index is 439. The molecule has 1 saturated carbocycles. The van der Waals surface area contributed by atoms with E-state index in [0.717, 1.165) is 23.8 Å². The fourth-order valence-corrected chi connectivity index (χ4v) is 3.45. The van der Waals surface area contributed by atoms with Crippen LogP contribution in [-0.4, -0.2) is 29.0 Å². The molecule has 0 aliphatic heterocycles. The van der Waals surface area contributed by atoms with Crippen LogP contribution in [0.3, 0.4) is 0 Å². The lowest BCUT2D eigenvalue weighted by Gasteiger charge is -2.12. The summed E-state index contributed by atoms with van der Waals surface area (Å²) in [5.41, 5.74) is 1.05. The molecule has 0 amide bonds. The largest absolute Gasteiger partial charge is 0.314 e. The average Bonchev–Trinajstić information content (AvgIpc) is 2.87. The zero-order valence-electron chi connectivity index (χ0n) is 11.2. The highest BCUT2D eigenvalue weighted by molar-refractivity contribution is 7.99. The van der Waals surface area contributed by atoms with E-state index in [1.807, 2.05) is 23.9 Å². The van der Waals surface area contributed by atoms with Crippen molar-refractivity contribution >= 4 is 17.4 Å². The Labute approximate surface area is 118 Å². The molecule has 0 heterocycles. The summed E-state index contributed by atoms with van der Waals surface area (Å²) in [5, 5.41) is 15.2. The average molecular weight is 280 g/mol. The first kappa shape index (κ1) is 14.3. The topological polar surface area (TPSA) is 55.2 Å². The molecule has 1 aliphatic rings. The molecule has 0 spiro atoms. The smallest absolute Gasteiger partial charge is 0.272 e. The number of nitrogens with one attached hydrogen (secondary N) is 1. The zero-order chi connectivity index (χ0) is 13.7. The molecule has 2 atom stereocenters. The first-order valence-corrected chi connectivity index (χ1v) is 7.98. The summed E-state index contributed by atoms with van der Waals surface area (Å²) < 4.78 is 0. The van der Waals surface area contributed by atoms with Gasteiger partial charge < -0.3 is 5.32 Å². The Hall–Kier alpha value is -1.07. The van der Waals surface area contributed by atoms with Crippen LogP contribution in [0, 0.1) is 10.1 Å². The van der Waals surface area contributed by atoms with E-state index < -0.39 is 0 Å². The van der Waals surface area contributed by atoms with Crippen LogP contribution in [0.4, 0.5) is 5.69 Å². The van der Waals surface area contributed by atoms with Crippen molar-refractivity contribution in [3.63, 3.8) is 0 Å². The summed E-state index contributed by atoms with van der Waals surface area (Å²) in [6, 6.07) is 7.59. The van der Waals surface area contributed by atoms with Crippen molar-refractivity contribution < 1.29 is 4.92 Å². The third kappa shape index (κ3) is 3.94. The minimum atomic E-state index is -0.297. The number of thioether (sulfide) groups is 1. The van der Waals surface area contributed by atoms with Crippen LogP contribution in [0.2, 0.25) is 0 Å². The molecule has 1 aromatic rings. The second-order valence-corrected chi connectivity index (χ2v) is 6.10. The number of rotatable bonds is 6. The van der Waals surface area contributed by atoms with E-state index in [1.54, 1.807) is 12.1 Å². The number of nitrogens with zero attached hydrogens (tertiary/aromatic N) is 1. The molecule has 1 N–H and O–H groups in total. The quantitative estimate of drug-likeness (QED) is 0.643. The molecule has 1 aromatic carbocycles. The SMILES string of the molecule is CSC1CCC(NCCc2ccccc2[N+](=O)[O-])C1. The molecule has 4 nitrogen and oxygen atoms in total. The van der Waals surface area contributed by atoms with Gasteiger partial charge >= 0.3 is 0 Å². The fraction of sp³-hybridized carbons (Fsp3) is 0.571. The van der Waals surface area contributed by atoms with Crippen molar-refractivity contribution in [2.45, 2.75) is 37.0 Å². The van der Waals surface area contributed by atoms with Crippen molar-refractivity contribution in [3.05, 3.63) is 39.9 Å². The van der Waals surface area contributed by atoms with Crippen molar-refractivity contribution in [2.24, 2.45) is 0 Å². The van der Waals surface area contributed by atoms with Crippen LogP contribution < -0.4 is 5.32 Å². The monoisotopic (exact) mass is 280 g/mol. The molecule has 0 saturated heterocycles. The normalized spacial score (nSPS) is 22.6. The summed E-state index contributed by atoms with van der Waals surface area (Å²) in [6.07, 6.45) is 6.61. The summed E-state index contributed by atoms with van der Waals surface area (Å²) in [4.78, 5) is 10.6. The molecule has 1 aliphatic carbocycles. The van der Waals surface area contributed by atoms with E-state index >= 15 is 0 Å². The second-order valence-electron chi connectivity index (χ2n) is 4.96. The fourth-order valence-electron chi connectivity index (χ4n) is 2.65. The molecule has 0 bridgehead atoms. The standard InChI is InChI=1S/C14H20N2O2S/c1-19-13-7-6-12(10-13)15-9-8-11-4-2-3-5-14(11)16(17)18/h2-5,12-13,15H,6-10H2,1H3. The molecule has 1 fully saturated rings. The molecule has 5 heteroatoms. The minimum absolute atomic E-state index is 0.234. The lowest BCUT2D eigenvalue weighted by atomic mass is 10.1. The van der Waals surface area contributed by atoms with Crippen LogP contribution >= 0.6 is 11.8 Å². The van der Waals surface area contributed by atoms with Gasteiger partial charge in [-0.25, -0.2) is 0 Å². The first-order valence-electron chi connectivity index (χ1n) is 6.69. The summed E-state index contributed by atoms with van der Waals surface area (Å²) in [7, 11) is 0. The Morgan fingerprint density at radius 1 is 1.42 bits per heavy atom. The predicted molar refractivity (Wildman–Crippen MR) is 79.7 cm³/mol. The molecule has 2 rings (SSSR count). The van der Waals surface area contributed by atoms with Gasteiger partial charge in [-0.05, 0) is 38.5 Å². The van der Waals surface area contributed by atoms with Gasteiger partial charge in [-0.1, -0.05) is 18.2 Å². The van der Waals surface area contributed by atoms with Crippen molar-refractivity contribution in [1.82, 2.24) is 5.32 Å². The number of hydrogen-bond acceptors (Lipinski definition) is 4. The van der Waals surface area contributed by atoms with E-state index in [2.05, 4.69) is 11.6 Å². The maximum atomic E-state index is 10.9. The maximum absolute atomic E-state index is 10.9. The van der Waals surface area contributed by atoms with Gasteiger partial charge in [-0.3, -0.25) is 10.1 Å². The van der Waals surface area contributed by atoms with Gasteiger partial charge in [0.2, 0.25) is 0 Å². The predicted octanol–water partition coefficient (Wildman–Crippen LogP) is 3.01. The molecule has 0 radical (unpaired) electrons. The van der Waals surface area contributed by atoms with Gasteiger partial charge in [0.15, 0.2) is 0 Å². The Kier molecular flexibility index (Phi) is 5.22. The number of hydrogen-bond donors (Lipinski definition) is 1. The van der Waals surface area contributed by atoms with Crippen LogP contribution in [0.25, 0.3) is 0 Å². The minimum Gasteiger partial charge on any atom is -0.314 e. The maximum Gasteiger partial charge on any atom is 0.272 e. The number of nitro benzene ring substituents is 1. The van der Waals surface area contributed by atoms with Crippen molar-refractivity contribution in [1.29, 1.82) is 0 Å². The van der Waals surface area contributed by atoms with Crippen LogP contribution in [0.1, 0.15) is 24.8 Å². The van der Waals surface area contributed by atoms with E-state index in [9.17, 15) is 10.1 Å². The Morgan fingerprint density at radius 3 is 2.89 bits per heavy atom. The highest BCUT2D eigenvalue weighted by atomic mass is 32.2. The summed E-state index contributed by atoms with van der Waals surface area (Å²) in [5.74, 6) is 0. The van der Waals surface area contributed by atoms with E-state index in [-0.39, 0.29) is 10.6 Å². The number of para-hydroxylation sites is 1. The molecule has 19 heavy (non-hydrogen) atoms.